The summed E-state index contributed by atoms with van der Waals surface area (Å²) in [6.45, 7) is 0.931. The minimum atomic E-state index is -0.233. The summed E-state index contributed by atoms with van der Waals surface area (Å²) in [6, 6.07) is 27.9. The Kier molecular flexibility index (Phi) is 5.53. The maximum Gasteiger partial charge on any atom is 0.133 e. The van der Waals surface area contributed by atoms with Crippen LogP contribution in [0, 0.1) is 5.82 Å². The van der Waals surface area contributed by atoms with E-state index in [-0.39, 0.29) is 11.7 Å². The van der Waals surface area contributed by atoms with Gasteiger partial charge in [-0.25, -0.2) is 9.07 Å². The lowest BCUT2D eigenvalue weighted by molar-refractivity contribution is 0.627. The molecule has 0 bridgehead atoms. The van der Waals surface area contributed by atoms with Gasteiger partial charge in [-0.05, 0) is 54.7 Å². The van der Waals surface area contributed by atoms with Crippen LogP contribution >= 0.6 is 0 Å². The van der Waals surface area contributed by atoms with Crippen LogP contribution in [-0.4, -0.2) is 16.3 Å². The van der Waals surface area contributed by atoms with Crippen molar-refractivity contribution in [1.82, 2.24) is 9.78 Å². The van der Waals surface area contributed by atoms with Gasteiger partial charge in [0.2, 0.25) is 0 Å². The Morgan fingerprint density at radius 2 is 1.48 bits per heavy atom. The van der Waals surface area contributed by atoms with Crippen molar-refractivity contribution in [2.24, 2.45) is 0 Å². The van der Waals surface area contributed by atoms with Gasteiger partial charge < -0.3 is 5.32 Å². The predicted molar refractivity (Wildman–Crippen MR) is 123 cm³/mol. The van der Waals surface area contributed by atoms with Crippen LogP contribution in [0.1, 0.15) is 41.1 Å². The molecule has 0 spiro atoms. The van der Waals surface area contributed by atoms with Crippen molar-refractivity contribution in [2.75, 3.05) is 11.9 Å². The van der Waals surface area contributed by atoms with Crippen LogP contribution in [0.2, 0.25) is 0 Å². The molecule has 5 rings (SSSR count). The number of hydrogen-bond acceptors (Lipinski definition) is 2. The summed E-state index contributed by atoms with van der Waals surface area (Å²) in [6.07, 6.45) is 4.11. The second-order valence-electron chi connectivity index (χ2n) is 8.12. The molecule has 0 aliphatic carbocycles. The average Bonchev–Trinajstić information content (AvgIpc) is 2.98. The molecule has 0 radical (unpaired) electrons. The summed E-state index contributed by atoms with van der Waals surface area (Å²) < 4.78 is 15.5. The molecule has 0 saturated heterocycles. The van der Waals surface area contributed by atoms with Crippen molar-refractivity contribution in [2.45, 2.75) is 31.6 Å². The molecule has 4 aromatic rings. The van der Waals surface area contributed by atoms with E-state index in [0.29, 0.717) is 0 Å². The Morgan fingerprint density at radius 3 is 2.13 bits per heavy atom. The van der Waals surface area contributed by atoms with Gasteiger partial charge in [-0.1, -0.05) is 60.7 Å². The smallest absolute Gasteiger partial charge is 0.133 e. The van der Waals surface area contributed by atoms with E-state index in [0.717, 1.165) is 49.4 Å². The highest BCUT2D eigenvalue weighted by molar-refractivity contribution is 5.55. The van der Waals surface area contributed by atoms with E-state index in [1.807, 2.05) is 4.68 Å². The van der Waals surface area contributed by atoms with Gasteiger partial charge >= 0.3 is 0 Å². The first kappa shape index (κ1) is 19.6. The quantitative estimate of drug-likeness (QED) is 0.428. The van der Waals surface area contributed by atoms with E-state index < -0.39 is 0 Å². The predicted octanol–water partition coefficient (Wildman–Crippen LogP) is 6.13. The minimum Gasteiger partial charge on any atom is -0.370 e. The summed E-state index contributed by atoms with van der Waals surface area (Å²) in [5.41, 5.74) is 5.88. The molecule has 1 aliphatic rings. The maximum absolute atomic E-state index is 13.5. The van der Waals surface area contributed by atoms with Crippen LogP contribution in [0.4, 0.5) is 10.2 Å². The minimum absolute atomic E-state index is 0.228. The van der Waals surface area contributed by atoms with Gasteiger partial charge in [0.05, 0.1) is 11.4 Å². The third-order valence-corrected chi connectivity index (χ3v) is 6.09. The topological polar surface area (TPSA) is 29.9 Å². The first-order chi connectivity index (χ1) is 15.3. The number of rotatable bonds is 5. The zero-order chi connectivity index (χ0) is 21.0. The summed E-state index contributed by atoms with van der Waals surface area (Å²) in [7, 11) is 0. The molecule has 3 aromatic carbocycles. The maximum atomic E-state index is 13.5. The molecule has 0 atom stereocenters. The first-order valence-electron chi connectivity index (χ1n) is 11.0. The Hall–Kier alpha value is -3.40. The van der Waals surface area contributed by atoms with E-state index >= 15 is 0 Å². The number of nitrogens with zero attached hydrogens (tertiary/aromatic N) is 2. The molecule has 3 nitrogen and oxygen atoms in total. The third kappa shape index (κ3) is 4.11. The lowest BCUT2D eigenvalue weighted by Gasteiger charge is -2.18. The van der Waals surface area contributed by atoms with Crippen molar-refractivity contribution >= 4 is 5.82 Å². The molecule has 156 valence electrons. The normalized spacial score (nSPS) is 13.5. The Balaban J connectivity index is 1.59. The number of aromatic nitrogens is 2. The van der Waals surface area contributed by atoms with E-state index in [2.05, 4.69) is 66.0 Å². The number of fused-ring (bicyclic) bond motifs is 1. The lowest BCUT2D eigenvalue weighted by Crippen LogP contribution is -2.08. The monoisotopic (exact) mass is 411 g/mol. The molecule has 0 saturated carbocycles. The molecule has 1 N–H and O–H groups in total. The van der Waals surface area contributed by atoms with E-state index in [1.54, 1.807) is 12.1 Å². The standard InChI is InChI=1S/C27H26FN3/c28-22-14-16-23(17-15-22)31-27-24(13-7-8-18-29-27)26(30-31)19-25(20-9-3-1-4-10-20)21-11-5-2-6-12-21/h1-6,9-12,14-17,25,29H,7-8,13,18-19H2. The number of halogens is 1. The molecule has 31 heavy (non-hydrogen) atoms. The summed E-state index contributed by atoms with van der Waals surface area (Å²) >= 11 is 0. The summed E-state index contributed by atoms with van der Waals surface area (Å²) in [5.74, 6) is 1.05. The van der Waals surface area contributed by atoms with Gasteiger partial charge in [0.25, 0.3) is 0 Å². The SMILES string of the molecule is Fc1ccc(-n2nc(CC(c3ccccc3)c3ccccc3)c3c2NCCCC3)cc1. The molecule has 2 heterocycles. The van der Waals surface area contributed by atoms with Gasteiger partial charge in [-0.2, -0.15) is 5.10 Å². The zero-order valence-corrected chi connectivity index (χ0v) is 17.5. The Bertz CT molecular complexity index is 1100. The molecular weight excluding hydrogens is 385 g/mol. The fraction of sp³-hybridized carbons (Fsp3) is 0.222. The van der Waals surface area contributed by atoms with E-state index in [1.165, 1.54) is 28.8 Å². The van der Waals surface area contributed by atoms with Crippen LogP contribution in [0.3, 0.4) is 0 Å². The largest absolute Gasteiger partial charge is 0.370 e. The van der Waals surface area contributed by atoms with Gasteiger partial charge in [0.1, 0.15) is 11.6 Å². The van der Waals surface area contributed by atoms with Gasteiger partial charge in [-0.15, -0.1) is 0 Å². The lowest BCUT2D eigenvalue weighted by atomic mass is 9.86. The average molecular weight is 412 g/mol. The Labute approximate surface area is 182 Å². The van der Waals surface area contributed by atoms with Crippen LogP contribution in [0.15, 0.2) is 84.9 Å². The number of nitrogens with one attached hydrogen (secondary N) is 1. The molecule has 4 heteroatoms. The highest BCUT2D eigenvalue weighted by atomic mass is 19.1. The number of hydrogen-bond donors (Lipinski definition) is 1. The van der Waals surface area contributed by atoms with Crippen molar-refractivity contribution in [3.05, 3.63) is 113 Å². The highest BCUT2D eigenvalue weighted by Gasteiger charge is 2.24. The number of benzene rings is 3. The molecule has 1 aromatic heterocycles. The second-order valence-corrected chi connectivity index (χ2v) is 8.12. The van der Waals surface area contributed by atoms with Crippen LogP contribution in [-0.2, 0) is 12.8 Å². The van der Waals surface area contributed by atoms with Gasteiger partial charge in [-0.3, -0.25) is 0 Å². The van der Waals surface area contributed by atoms with Crippen molar-refractivity contribution in [1.29, 1.82) is 0 Å². The molecule has 0 unspecified atom stereocenters. The third-order valence-electron chi connectivity index (χ3n) is 6.09. The zero-order valence-electron chi connectivity index (χ0n) is 17.5. The fourth-order valence-corrected chi connectivity index (χ4v) is 4.50. The Morgan fingerprint density at radius 1 is 0.839 bits per heavy atom. The van der Waals surface area contributed by atoms with E-state index in [4.69, 9.17) is 5.10 Å². The first-order valence-corrected chi connectivity index (χ1v) is 11.0. The highest BCUT2D eigenvalue weighted by Crippen LogP contribution is 2.34. The number of anilines is 1. The van der Waals surface area contributed by atoms with Gasteiger partial charge in [0.15, 0.2) is 0 Å². The van der Waals surface area contributed by atoms with E-state index in [9.17, 15) is 4.39 Å². The molecule has 1 aliphatic heterocycles. The fourth-order valence-electron chi connectivity index (χ4n) is 4.50. The van der Waals surface area contributed by atoms with Crippen LogP contribution < -0.4 is 5.32 Å². The molecular formula is C27H26FN3. The van der Waals surface area contributed by atoms with Crippen molar-refractivity contribution in [3.63, 3.8) is 0 Å². The summed E-state index contributed by atoms with van der Waals surface area (Å²) in [5, 5.41) is 8.64. The van der Waals surface area contributed by atoms with Crippen molar-refractivity contribution < 1.29 is 4.39 Å². The van der Waals surface area contributed by atoms with Crippen molar-refractivity contribution in [3.8, 4) is 5.69 Å². The molecule has 0 amide bonds. The molecule has 0 fully saturated rings. The van der Waals surface area contributed by atoms with Gasteiger partial charge in [0, 0.05) is 24.4 Å². The van der Waals surface area contributed by atoms with Crippen LogP contribution in [0.25, 0.3) is 5.69 Å². The summed E-state index contributed by atoms with van der Waals surface area (Å²) in [4.78, 5) is 0. The van der Waals surface area contributed by atoms with Crippen LogP contribution in [0.5, 0.6) is 0 Å². The second kappa shape index (κ2) is 8.76.